The Morgan fingerprint density at radius 2 is 2.20 bits per heavy atom. The molecule has 3 rings (SSSR count). The summed E-state index contributed by atoms with van der Waals surface area (Å²) in [5.74, 6) is -0.181. The largest absolute Gasteiger partial charge is 0.330 e. The van der Waals surface area contributed by atoms with Gasteiger partial charge in [0.2, 0.25) is 0 Å². The number of benzene rings is 1. The number of nitrogens with two attached hydrogens (primary N) is 1. The minimum Gasteiger partial charge on any atom is -0.330 e. The maximum absolute atomic E-state index is 12.1. The lowest BCUT2D eigenvalue weighted by Crippen LogP contribution is -2.12. The van der Waals surface area contributed by atoms with E-state index in [9.17, 15) is 4.79 Å². The standard InChI is InChI=1S/C14H13N3OS2/c15-5-3-13-17-11(8-20-13)14(18)16-10-1-2-12-9(7-10)4-6-19-12/h1-2,4,6-8H,3,5,15H2,(H,16,18). The van der Waals surface area contributed by atoms with Gasteiger partial charge in [-0.1, -0.05) is 0 Å². The number of aromatic nitrogens is 1. The number of fused-ring (bicyclic) bond motifs is 1. The molecule has 1 aromatic carbocycles. The summed E-state index contributed by atoms with van der Waals surface area (Å²) in [4.78, 5) is 16.4. The van der Waals surface area contributed by atoms with Crippen molar-refractivity contribution in [3.8, 4) is 0 Å². The third kappa shape index (κ3) is 2.72. The van der Waals surface area contributed by atoms with Crippen molar-refractivity contribution in [2.45, 2.75) is 6.42 Å². The molecule has 0 unspecified atom stereocenters. The second-order valence-electron chi connectivity index (χ2n) is 4.29. The van der Waals surface area contributed by atoms with Gasteiger partial charge in [0.15, 0.2) is 0 Å². The topological polar surface area (TPSA) is 68.0 Å². The molecule has 2 aromatic heterocycles. The summed E-state index contributed by atoms with van der Waals surface area (Å²) >= 11 is 3.15. The van der Waals surface area contributed by atoms with E-state index in [4.69, 9.17) is 5.73 Å². The maximum Gasteiger partial charge on any atom is 0.275 e. The lowest BCUT2D eigenvalue weighted by molar-refractivity contribution is 0.102. The van der Waals surface area contributed by atoms with Crippen molar-refractivity contribution < 1.29 is 4.79 Å². The highest BCUT2D eigenvalue weighted by Gasteiger charge is 2.11. The van der Waals surface area contributed by atoms with Gasteiger partial charge in [0.05, 0.1) is 5.01 Å². The van der Waals surface area contributed by atoms with Crippen molar-refractivity contribution in [1.82, 2.24) is 4.98 Å². The summed E-state index contributed by atoms with van der Waals surface area (Å²) in [6.07, 6.45) is 0.707. The van der Waals surface area contributed by atoms with Gasteiger partial charge in [-0.25, -0.2) is 4.98 Å². The van der Waals surface area contributed by atoms with Crippen molar-refractivity contribution >= 4 is 44.4 Å². The fraction of sp³-hybridized carbons (Fsp3) is 0.143. The second-order valence-corrected chi connectivity index (χ2v) is 6.18. The van der Waals surface area contributed by atoms with E-state index in [0.29, 0.717) is 18.7 Å². The third-order valence-electron chi connectivity index (χ3n) is 2.85. The number of nitrogens with one attached hydrogen (secondary N) is 1. The molecule has 3 aromatic rings. The molecule has 0 saturated carbocycles. The monoisotopic (exact) mass is 303 g/mol. The Morgan fingerprint density at radius 3 is 3.05 bits per heavy atom. The highest BCUT2D eigenvalue weighted by Crippen LogP contribution is 2.24. The SMILES string of the molecule is NCCc1nc(C(=O)Nc2ccc3sccc3c2)cs1. The van der Waals surface area contributed by atoms with Crippen molar-refractivity contribution in [3.63, 3.8) is 0 Å². The Kier molecular flexibility index (Phi) is 3.77. The van der Waals surface area contributed by atoms with Gasteiger partial charge in [0, 0.05) is 22.2 Å². The van der Waals surface area contributed by atoms with Crippen LogP contribution in [-0.4, -0.2) is 17.4 Å². The Morgan fingerprint density at radius 1 is 1.30 bits per heavy atom. The van der Waals surface area contributed by atoms with E-state index in [-0.39, 0.29) is 5.91 Å². The molecule has 0 aliphatic rings. The quantitative estimate of drug-likeness (QED) is 0.778. The number of anilines is 1. The molecule has 0 atom stereocenters. The van der Waals surface area contributed by atoms with Crippen LogP contribution in [0.25, 0.3) is 10.1 Å². The number of carbonyl (C=O) groups is 1. The molecule has 102 valence electrons. The van der Waals surface area contributed by atoms with Gasteiger partial charge in [-0.05, 0) is 41.6 Å². The van der Waals surface area contributed by atoms with Crippen LogP contribution in [0.3, 0.4) is 0 Å². The molecule has 0 aliphatic carbocycles. The molecule has 0 aliphatic heterocycles. The molecule has 1 amide bonds. The molecule has 0 fully saturated rings. The smallest absolute Gasteiger partial charge is 0.275 e. The van der Waals surface area contributed by atoms with Gasteiger partial charge >= 0.3 is 0 Å². The van der Waals surface area contributed by atoms with Gasteiger partial charge < -0.3 is 11.1 Å². The van der Waals surface area contributed by atoms with E-state index in [0.717, 1.165) is 16.1 Å². The average Bonchev–Trinajstić information content (AvgIpc) is 3.07. The van der Waals surface area contributed by atoms with E-state index in [1.807, 2.05) is 29.6 Å². The van der Waals surface area contributed by atoms with E-state index in [2.05, 4.69) is 10.3 Å². The Balaban J connectivity index is 1.76. The molecule has 2 heterocycles. The number of hydrogen-bond donors (Lipinski definition) is 2. The van der Waals surface area contributed by atoms with Crippen molar-refractivity contribution in [2.75, 3.05) is 11.9 Å². The predicted molar refractivity (Wildman–Crippen MR) is 84.7 cm³/mol. The number of thiazole rings is 1. The summed E-state index contributed by atoms with van der Waals surface area (Å²) in [6, 6.07) is 7.93. The molecule has 6 heteroatoms. The van der Waals surface area contributed by atoms with Crippen LogP contribution in [-0.2, 0) is 6.42 Å². The van der Waals surface area contributed by atoms with Crippen LogP contribution in [0, 0.1) is 0 Å². The van der Waals surface area contributed by atoms with E-state index in [1.165, 1.54) is 16.0 Å². The van der Waals surface area contributed by atoms with Gasteiger partial charge in [0.1, 0.15) is 5.69 Å². The first kappa shape index (κ1) is 13.2. The number of hydrogen-bond acceptors (Lipinski definition) is 5. The summed E-state index contributed by atoms with van der Waals surface area (Å²) in [6.45, 7) is 0.545. The zero-order valence-corrected chi connectivity index (χ0v) is 12.3. The molecule has 0 bridgehead atoms. The second kappa shape index (κ2) is 5.70. The summed E-state index contributed by atoms with van der Waals surface area (Å²) in [5.41, 5.74) is 6.71. The van der Waals surface area contributed by atoms with Crippen LogP contribution in [0.4, 0.5) is 5.69 Å². The third-order valence-corrected chi connectivity index (χ3v) is 4.66. The van der Waals surface area contributed by atoms with E-state index >= 15 is 0 Å². The number of thiophene rings is 1. The first-order valence-corrected chi connectivity index (χ1v) is 7.95. The van der Waals surface area contributed by atoms with Crippen LogP contribution in [0.1, 0.15) is 15.5 Å². The van der Waals surface area contributed by atoms with Gasteiger partial charge in [-0.2, -0.15) is 0 Å². The fourth-order valence-corrected chi connectivity index (χ4v) is 3.46. The first-order chi connectivity index (χ1) is 9.76. The van der Waals surface area contributed by atoms with Crippen LogP contribution < -0.4 is 11.1 Å². The van der Waals surface area contributed by atoms with Gasteiger partial charge in [-0.3, -0.25) is 4.79 Å². The molecular formula is C14H13N3OS2. The van der Waals surface area contributed by atoms with Crippen molar-refractivity contribution in [1.29, 1.82) is 0 Å². The normalized spacial score (nSPS) is 10.8. The van der Waals surface area contributed by atoms with Crippen LogP contribution in [0.15, 0.2) is 35.0 Å². The van der Waals surface area contributed by atoms with Crippen molar-refractivity contribution in [2.24, 2.45) is 5.73 Å². The highest BCUT2D eigenvalue weighted by atomic mass is 32.1. The van der Waals surface area contributed by atoms with Crippen LogP contribution >= 0.6 is 22.7 Å². The number of amides is 1. The van der Waals surface area contributed by atoms with Crippen LogP contribution in [0.5, 0.6) is 0 Å². The molecule has 3 N–H and O–H groups in total. The van der Waals surface area contributed by atoms with Crippen molar-refractivity contribution in [3.05, 3.63) is 45.7 Å². The molecule has 4 nitrogen and oxygen atoms in total. The van der Waals surface area contributed by atoms with Gasteiger partial charge in [0.25, 0.3) is 5.91 Å². The average molecular weight is 303 g/mol. The highest BCUT2D eigenvalue weighted by molar-refractivity contribution is 7.17. The molecule has 0 radical (unpaired) electrons. The predicted octanol–water partition coefficient (Wildman–Crippen LogP) is 3.11. The molecule has 0 spiro atoms. The molecule has 20 heavy (non-hydrogen) atoms. The van der Waals surface area contributed by atoms with Gasteiger partial charge in [-0.15, -0.1) is 22.7 Å². The van der Waals surface area contributed by atoms with Crippen LogP contribution in [0.2, 0.25) is 0 Å². The lowest BCUT2D eigenvalue weighted by atomic mass is 10.2. The first-order valence-electron chi connectivity index (χ1n) is 6.19. The lowest BCUT2D eigenvalue weighted by Gasteiger charge is -2.03. The fourth-order valence-electron chi connectivity index (χ4n) is 1.89. The summed E-state index contributed by atoms with van der Waals surface area (Å²) in [7, 11) is 0. The minimum atomic E-state index is -0.181. The Bertz CT molecular complexity index is 748. The summed E-state index contributed by atoms with van der Waals surface area (Å²) in [5, 5.41) is 8.71. The number of nitrogens with zero attached hydrogens (tertiary/aromatic N) is 1. The molecular weight excluding hydrogens is 290 g/mol. The number of carbonyl (C=O) groups excluding carboxylic acids is 1. The zero-order chi connectivity index (χ0) is 13.9. The zero-order valence-electron chi connectivity index (χ0n) is 10.6. The Labute approximate surface area is 124 Å². The summed E-state index contributed by atoms with van der Waals surface area (Å²) < 4.78 is 1.21. The number of rotatable bonds is 4. The van der Waals surface area contributed by atoms with E-state index < -0.39 is 0 Å². The van der Waals surface area contributed by atoms with E-state index in [1.54, 1.807) is 16.7 Å². The Hall–Kier alpha value is -1.76. The maximum atomic E-state index is 12.1. The minimum absolute atomic E-state index is 0.181. The molecule has 0 saturated heterocycles.